The van der Waals surface area contributed by atoms with Gasteiger partial charge in [-0.2, -0.15) is 25.9 Å². The van der Waals surface area contributed by atoms with Gasteiger partial charge in [0.25, 0.3) is 0 Å². The van der Waals surface area contributed by atoms with E-state index < -0.39 is 28.9 Å². The molecule has 0 aliphatic carbocycles. The Morgan fingerprint density at radius 1 is 1.20 bits per heavy atom. The average Bonchev–Trinajstić information content (AvgIpc) is 2.38. The van der Waals surface area contributed by atoms with Crippen LogP contribution in [0.5, 0.6) is 5.75 Å². The van der Waals surface area contributed by atoms with Gasteiger partial charge in [-0.1, -0.05) is 18.2 Å². The quantitative estimate of drug-likeness (QED) is 0.862. The molecule has 0 spiro atoms. The van der Waals surface area contributed by atoms with Crippen LogP contribution in [0.4, 0.5) is 13.2 Å². The molecular formula is C12H14F3NO3S. The number of para-hydroxylation sites is 1. The molecule has 0 amide bonds. The lowest BCUT2D eigenvalue weighted by atomic mass is 9.99. The number of hydrogen-bond donors (Lipinski definition) is 0. The lowest BCUT2D eigenvalue weighted by Crippen LogP contribution is -2.45. The van der Waals surface area contributed by atoms with Crippen LogP contribution in [0, 0.1) is 5.92 Å². The number of benzene rings is 1. The molecule has 1 aromatic carbocycles. The van der Waals surface area contributed by atoms with Crippen LogP contribution in [0.2, 0.25) is 0 Å². The molecule has 1 aromatic rings. The van der Waals surface area contributed by atoms with Crippen molar-refractivity contribution in [3.63, 3.8) is 0 Å². The fraction of sp³-hybridized carbons (Fsp3) is 0.500. The Morgan fingerprint density at radius 2 is 1.85 bits per heavy atom. The van der Waals surface area contributed by atoms with Crippen molar-refractivity contribution in [3.8, 4) is 5.75 Å². The summed E-state index contributed by atoms with van der Waals surface area (Å²) in [4.78, 5) is 0. The number of piperidine rings is 1. The molecule has 1 heterocycles. The van der Waals surface area contributed by atoms with Crippen LogP contribution in [0.3, 0.4) is 0 Å². The third kappa shape index (κ3) is 3.63. The molecule has 0 bridgehead atoms. The Labute approximate surface area is 115 Å². The Kier molecular flexibility index (Phi) is 4.24. The molecular weight excluding hydrogens is 295 g/mol. The van der Waals surface area contributed by atoms with Gasteiger partial charge in [-0.25, -0.2) is 0 Å². The third-order valence-electron chi connectivity index (χ3n) is 3.11. The summed E-state index contributed by atoms with van der Waals surface area (Å²) in [6.07, 6.45) is -4.27. The maximum Gasteiger partial charge on any atom is 0.393 e. The standard InChI is InChI=1S/C12H14F3NO3S/c13-12(14,15)10-5-4-8-16(9-10)20(17,18)19-11-6-2-1-3-7-11/h1-3,6-7,10H,4-5,8-9H2/t10-/m1/s1. The minimum Gasteiger partial charge on any atom is -0.371 e. The largest absolute Gasteiger partial charge is 0.393 e. The molecule has 1 fully saturated rings. The molecule has 4 nitrogen and oxygen atoms in total. The summed E-state index contributed by atoms with van der Waals surface area (Å²) in [6, 6.07) is 7.71. The van der Waals surface area contributed by atoms with Gasteiger partial charge in [0, 0.05) is 13.1 Å². The van der Waals surface area contributed by atoms with Gasteiger partial charge in [-0.3, -0.25) is 0 Å². The van der Waals surface area contributed by atoms with Gasteiger partial charge < -0.3 is 4.18 Å². The van der Waals surface area contributed by atoms with Gasteiger partial charge in [-0.05, 0) is 25.0 Å². The maximum atomic E-state index is 12.7. The number of nitrogens with zero attached hydrogens (tertiary/aromatic N) is 1. The molecule has 0 aromatic heterocycles. The van der Waals surface area contributed by atoms with Crippen molar-refractivity contribution in [1.29, 1.82) is 0 Å². The van der Waals surface area contributed by atoms with Crippen molar-refractivity contribution >= 4 is 10.3 Å². The maximum absolute atomic E-state index is 12.7. The van der Waals surface area contributed by atoms with Crippen molar-refractivity contribution in [2.24, 2.45) is 5.92 Å². The van der Waals surface area contributed by atoms with E-state index in [1.165, 1.54) is 12.1 Å². The van der Waals surface area contributed by atoms with Crippen molar-refractivity contribution in [2.75, 3.05) is 13.1 Å². The van der Waals surface area contributed by atoms with Gasteiger partial charge in [0.1, 0.15) is 5.75 Å². The van der Waals surface area contributed by atoms with Crippen molar-refractivity contribution < 1.29 is 25.8 Å². The minimum absolute atomic E-state index is 0.0434. The Morgan fingerprint density at radius 3 is 2.45 bits per heavy atom. The van der Waals surface area contributed by atoms with E-state index in [4.69, 9.17) is 4.18 Å². The van der Waals surface area contributed by atoms with E-state index in [1.807, 2.05) is 0 Å². The Balaban J connectivity index is 2.10. The van der Waals surface area contributed by atoms with E-state index in [1.54, 1.807) is 18.2 Å². The topological polar surface area (TPSA) is 46.6 Å². The number of alkyl halides is 3. The minimum atomic E-state index is -4.39. The van der Waals surface area contributed by atoms with E-state index in [0.29, 0.717) is 0 Å². The predicted octanol–water partition coefficient (Wildman–Crippen LogP) is 2.58. The highest BCUT2D eigenvalue weighted by molar-refractivity contribution is 7.84. The first-order valence-corrected chi connectivity index (χ1v) is 7.47. The highest BCUT2D eigenvalue weighted by Crippen LogP contribution is 2.34. The molecule has 8 heteroatoms. The summed E-state index contributed by atoms with van der Waals surface area (Å²) in [6.45, 7) is -0.541. The monoisotopic (exact) mass is 309 g/mol. The van der Waals surface area contributed by atoms with Crippen LogP contribution in [0.15, 0.2) is 30.3 Å². The van der Waals surface area contributed by atoms with Gasteiger partial charge >= 0.3 is 16.5 Å². The molecule has 0 N–H and O–H groups in total. The lowest BCUT2D eigenvalue weighted by molar-refractivity contribution is -0.182. The van der Waals surface area contributed by atoms with Crippen molar-refractivity contribution in [2.45, 2.75) is 19.0 Å². The van der Waals surface area contributed by atoms with Crippen molar-refractivity contribution in [3.05, 3.63) is 30.3 Å². The van der Waals surface area contributed by atoms with Crippen LogP contribution >= 0.6 is 0 Å². The summed E-state index contributed by atoms with van der Waals surface area (Å²) < 4.78 is 67.5. The summed E-state index contributed by atoms with van der Waals surface area (Å²) in [5.74, 6) is -1.55. The molecule has 0 unspecified atom stereocenters. The molecule has 1 atom stereocenters. The molecule has 0 saturated carbocycles. The first kappa shape index (κ1) is 15.1. The zero-order valence-corrected chi connectivity index (χ0v) is 11.3. The first-order chi connectivity index (χ1) is 9.29. The smallest absolute Gasteiger partial charge is 0.371 e. The Hall–Kier alpha value is -1.28. The normalized spacial score (nSPS) is 21.6. The molecule has 20 heavy (non-hydrogen) atoms. The lowest BCUT2D eigenvalue weighted by Gasteiger charge is -2.32. The molecule has 0 radical (unpaired) electrons. The second-order valence-electron chi connectivity index (χ2n) is 4.59. The van der Waals surface area contributed by atoms with Gasteiger partial charge in [0.2, 0.25) is 0 Å². The first-order valence-electron chi connectivity index (χ1n) is 6.10. The van der Waals surface area contributed by atoms with Crippen molar-refractivity contribution in [1.82, 2.24) is 4.31 Å². The van der Waals surface area contributed by atoms with Gasteiger partial charge in [0.05, 0.1) is 5.92 Å². The zero-order chi connectivity index (χ0) is 14.8. The fourth-order valence-corrected chi connectivity index (χ4v) is 3.24. The van der Waals surface area contributed by atoms with Gasteiger partial charge in [-0.15, -0.1) is 0 Å². The average molecular weight is 309 g/mol. The summed E-state index contributed by atoms with van der Waals surface area (Å²) >= 11 is 0. The molecule has 1 aliphatic heterocycles. The highest BCUT2D eigenvalue weighted by atomic mass is 32.2. The van der Waals surface area contributed by atoms with E-state index in [9.17, 15) is 21.6 Å². The van der Waals surface area contributed by atoms with E-state index in [0.717, 1.165) is 4.31 Å². The molecule has 1 saturated heterocycles. The van der Waals surface area contributed by atoms with E-state index in [2.05, 4.69) is 0 Å². The zero-order valence-electron chi connectivity index (χ0n) is 10.5. The van der Waals surface area contributed by atoms with Crippen LogP contribution in [0.1, 0.15) is 12.8 Å². The second kappa shape index (κ2) is 5.61. The Bertz CT molecular complexity index is 545. The summed E-state index contributed by atoms with van der Waals surface area (Å²) in [5.41, 5.74) is 0. The summed E-state index contributed by atoms with van der Waals surface area (Å²) in [7, 11) is -4.20. The van der Waals surface area contributed by atoms with E-state index in [-0.39, 0.29) is 25.1 Å². The molecule has 2 rings (SSSR count). The van der Waals surface area contributed by atoms with Crippen LogP contribution in [-0.2, 0) is 10.3 Å². The SMILES string of the molecule is O=S(=O)(Oc1ccccc1)N1CCC[C@@H](C(F)(F)F)C1. The number of hydrogen-bond acceptors (Lipinski definition) is 3. The highest BCUT2D eigenvalue weighted by Gasteiger charge is 2.44. The number of halogens is 3. The predicted molar refractivity (Wildman–Crippen MR) is 66.3 cm³/mol. The molecule has 112 valence electrons. The van der Waals surface area contributed by atoms with Crippen LogP contribution < -0.4 is 4.18 Å². The molecule has 1 aliphatic rings. The fourth-order valence-electron chi connectivity index (χ4n) is 2.06. The van der Waals surface area contributed by atoms with Crippen LogP contribution in [0.25, 0.3) is 0 Å². The van der Waals surface area contributed by atoms with Crippen LogP contribution in [-0.4, -0.2) is 32.0 Å². The van der Waals surface area contributed by atoms with E-state index >= 15 is 0 Å². The third-order valence-corrected chi connectivity index (χ3v) is 4.48. The second-order valence-corrected chi connectivity index (χ2v) is 6.13. The van der Waals surface area contributed by atoms with Gasteiger partial charge in [0.15, 0.2) is 0 Å². The summed E-state index contributed by atoms with van der Waals surface area (Å²) in [5, 5.41) is 0. The number of rotatable bonds is 3.